The van der Waals surface area contributed by atoms with Crippen LogP contribution in [0, 0.1) is 12.8 Å². The average Bonchev–Trinajstić information content (AvgIpc) is 3.12. The lowest BCUT2D eigenvalue weighted by Crippen LogP contribution is -2.51. The van der Waals surface area contributed by atoms with Crippen LogP contribution in [0.3, 0.4) is 0 Å². The summed E-state index contributed by atoms with van der Waals surface area (Å²) < 4.78 is 2.85. The molecule has 4 rings (SSSR count). The van der Waals surface area contributed by atoms with Crippen molar-refractivity contribution in [3.8, 4) is 0 Å². The fourth-order valence-electron chi connectivity index (χ4n) is 2.97. The Balaban J connectivity index is 1.50. The number of nitrogens with one attached hydrogen (secondary N) is 2. The highest BCUT2D eigenvalue weighted by molar-refractivity contribution is 7.17. The molecule has 3 aromatic rings. The Labute approximate surface area is 155 Å². The van der Waals surface area contributed by atoms with Gasteiger partial charge in [0.1, 0.15) is 5.82 Å². The van der Waals surface area contributed by atoms with E-state index >= 15 is 0 Å². The Hall–Kier alpha value is -2.68. The van der Waals surface area contributed by atoms with Crippen LogP contribution >= 0.6 is 11.3 Å². The zero-order chi connectivity index (χ0) is 18.3. The molecule has 136 valence electrons. The Kier molecular flexibility index (Phi) is 4.23. The first-order valence-electron chi connectivity index (χ1n) is 8.52. The van der Waals surface area contributed by atoms with Crippen molar-refractivity contribution in [2.75, 3.05) is 30.3 Å². The Bertz CT molecular complexity index is 938. The van der Waals surface area contributed by atoms with Gasteiger partial charge in [-0.15, -0.1) is 11.3 Å². The first-order valence-corrected chi connectivity index (χ1v) is 9.40. The van der Waals surface area contributed by atoms with Crippen molar-refractivity contribution in [3.05, 3.63) is 23.2 Å². The fraction of sp³-hybridized carbons (Fsp3) is 0.412. The van der Waals surface area contributed by atoms with E-state index in [1.54, 1.807) is 18.3 Å². The largest absolute Gasteiger partial charge is 0.368 e. The predicted molar refractivity (Wildman–Crippen MR) is 103 cm³/mol. The summed E-state index contributed by atoms with van der Waals surface area (Å²) in [6.45, 7) is 6.01. The number of hydrogen-bond acceptors (Lipinski definition) is 7. The molecule has 0 atom stereocenters. The van der Waals surface area contributed by atoms with Gasteiger partial charge in [0, 0.05) is 51.3 Å². The molecule has 2 N–H and O–H groups in total. The van der Waals surface area contributed by atoms with Crippen molar-refractivity contribution < 1.29 is 4.79 Å². The van der Waals surface area contributed by atoms with Crippen LogP contribution in [0.5, 0.6) is 0 Å². The zero-order valence-electron chi connectivity index (χ0n) is 15.0. The van der Waals surface area contributed by atoms with Gasteiger partial charge < -0.3 is 15.5 Å². The molecule has 0 aromatic carbocycles. The Morgan fingerprint density at radius 1 is 1.38 bits per heavy atom. The maximum Gasteiger partial charge on any atom is 0.231 e. The summed E-state index contributed by atoms with van der Waals surface area (Å²) in [4.78, 5) is 22.4. The van der Waals surface area contributed by atoms with Gasteiger partial charge in [-0.3, -0.25) is 9.48 Å². The monoisotopic (exact) mass is 371 g/mol. The molecule has 0 radical (unpaired) electrons. The van der Waals surface area contributed by atoms with Crippen LogP contribution < -0.4 is 10.6 Å². The summed E-state index contributed by atoms with van der Waals surface area (Å²) >= 11 is 1.62. The fourth-order valence-corrected chi connectivity index (χ4v) is 3.77. The van der Waals surface area contributed by atoms with Gasteiger partial charge in [0.05, 0.1) is 10.2 Å². The standard InChI is InChI=1S/C17H21N7OS/c1-10-6-14(22-23(10)3)20-17-19-13-4-5-26-15(13)16(21-17)18-7-12-8-24(9-12)11(2)25/h4-6,12H,7-9H2,1-3H3,(H2,18,19,20,21,22). The van der Waals surface area contributed by atoms with Crippen LogP contribution in [0.15, 0.2) is 17.5 Å². The number of thiophene rings is 1. The number of carbonyl (C=O) groups is 1. The van der Waals surface area contributed by atoms with Gasteiger partial charge in [0.15, 0.2) is 5.82 Å². The number of carbonyl (C=O) groups excluding carboxylic acids is 1. The van der Waals surface area contributed by atoms with E-state index in [0.29, 0.717) is 11.9 Å². The molecular weight excluding hydrogens is 350 g/mol. The van der Waals surface area contributed by atoms with E-state index in [4.69, 9.17) is 0 Å². The third-order valence-corrected chi connectivity index (χ3v) is 5.53. The van der Waals surface area contributed by atoms with Gasteiger partial charge in [-0.2, -0.15) is 10.1 Å². The van der Waals surface area contributed by atoms with Gasteiger partial charge in [-0.05, 0) is 18.4 Å². The molecule has 0 aliphatic carbocycles. The molecule has 0 bridgehead atoms. The molecule has 1 aliphatic rings. The minimum atomic E-state index is 0.140. The van der Waals surface area contributed by atoms with Crippen LogP contribution in [-0.2, 0) is 11.8 Å². The average molecular weight is 371 g/mol. The van der Waals surface area contributed by atoms with Gasteiger partial charge in [-0.1, -0.05) is 0 Å². The molecule has 1 fully saturated rings. The first-order chi connectivity index (χ1) is 12.5. The molecule has 1 amide bonds. The lowest BCUT2D eigenvalue weighted by atomic mass is 10.0. The molecule has 9 heteroatoms. The highest BCUT2D eigenvalue weighted by Crippen LogP contribution is 2.29. The number of likely N-dealkylation sites (tertiary alicyclic amines) is 1. The number of fused-ring (bicyclic) bond motifs is 1. The normalized spacial score (nSPS) is 14.5. The second-order valence-electron chi connectivity index (χ2n) is 6.62. The van der Waals surface area contributed by atoms with Crippen molar-refractivity contribution in [2.24, 2.45) is 13.0 Å². The number of rotatable bonds is 5. The molecule has 0 saturated carbocycles. The summed E-state index contributed by atoms with van der Waals surface area (Å²) in [5, 5.41) is 13.0. The maximum atomic E-state index is 11.3. The first kappa shape index (κ1) is 16.8. The number of nitrogens with zero attached hydrogens (tertiary/aromatic N) is 5. The number of hydrogen-bond donors (Lipinski definition) is 2. The smallest absolute Gasteiger partial charge is 0.231 e. The molecule has 1 aliphatic heterocycles. The topological polar surface area (TPSA) is 88.0 Å². The summed E-state index contributed by atoms with van der Waals surface area (Å²) in [5.41, 5.74) is 1.96. The SMILES string of the molecule is CC(=O)N1CC(CNc2nc(Nc3cc(C)n(C)n3)nc3ccsc23)C1. The second-order valence-corrected chi connectivity index (χ2v) is 7.54. The van der Waals surface area contributed by atoms with E-state index in [-0.39, 0.29) is 5.91 Å². The number of aromatic nitrogens is 4. The van der Waals surface area contributed by atoms with E-state index in [0.717, 1.165) is 47.2 Å². The quantitative estimate of drug-likeness (QED) is 0.716. The second kappa shape index (κ2) is 6.56. The van der Waals surface area contributed by atoms with E-state index in [1.807, 2.05) is 41.1 Å². The zero-order valence-corrected chi connectivity index (χ0v) is 15.8. The molecule has 3 aromatic heterocycles. The van der Waals surface area contributed by atoms with Crippen LogP contribution in [-0.4, -0.2) is 50.2 Å². The Morgan fingerprint density at radius 3 is 2.88 bits per heavy atom. The van der Waals surface area contributed by atoms with Crippen molar-refractivity contribution >= 4 is 45.0 Å². The number of aryl methyl sites for hydroxylation is 2. The van der Waals surface area contributed by atoms with Gasteiger partial charge in [-0.25, -0.2) is 4.98 Å². The van der Waals surface area contributed by atoms with Gasteiger partial charge >= 0.3 is 0 Å². The van der Waals surface area contributed by atoms with Crippen LogP contribution in [0.2, 0.25) is 0 Å². The van der Waals surface area contributed by atoms with Crippen molar-refractivity contribution in [1.82, 2.24) is 24.6 Å². The highest BCUT2D eigenvalue weighted by Gasteiger charge is 2.28. The molecule has 0 unspecified atom stereocenters. The number of amides is 1. The van der Waals surface area contributed by atoms with Crippen molar-refractivity contribution in [1.29, 1.82) is 0 Å². The minimum absolute atomic E-state index is 0.140. The molecule has 8 nitrogen and oxygen atoms in total. The van der Waals surface area contributed by atoms with Crippen LogP contribution in [0.25, 0.3) is 10.2 Å². The summed E-state index contributed by atoms with van der Waals surface area (Å²) in [6.07, 6.45) is 0. The Morgan fingerprint density at radius 2 is 2.19 bits per heavy atom. The van der Waals surface area contributed by atoms with Crippen molar-refractivity contribution in [2.45, 2.75) is 13.8 Å². The third-order valence-electron chi connectivity index (χ3n) is 4.62. The van der Waals surface area contributed by atoms with Crippen LogP contribution in [0.1, 0.15) is 12.6 Å². The predicted octanol–water partition coefficient (Wildman–Crippen LogP) is 2.37. The van der Waals surface area contributed by atoms with Gasteiger partial charge in [0.25, 0.3) is 0 Å². The lowest BCUT2D eigenvalue weighted by molar-refractivity contribution is -0.134. The molecule has 1 saturated heterocycles. The summed E-state index contributed by atoms with van der Waals surface area (Å²) in [6, 6.07) is 3.95. The summed E-state index contributed by atoms with van der Waals surface area (Å²) in [5.74, 6) is 2.67. The van der Waals surface area contributed by atoms with E-state index in [9.17, 15) is 4.79 Å². The lowest BCUT2D eigenvalue weighted by Gasteiger charge is -2.38. The van der Waals surface area contributed by atoms with Gasteiger partial charge in [0.2, 0.25) is 11.9 Å². The van der Waals surface area contributed by atoms with E-state index in [2.05, 4.69) is 25.7 Å². The molecular formula is C17H21N7OS. The molecule has 4 heterocycles. The molecule has 0 spiro atoms. The third kappa shape index (κ3) is 3.22. The summed E-state index contributed by atoms with van der Waals surface area (Å²) in [7, 11) is 1.90. The van der Waals surface area contributed by atoms with E-state index in [1.165, 1.54) is 0 Å². The van der Waals surface area contributed by atoms with E-state index < -0.39 is 0 Å². The highest BCUT2D eigenvalue weighted by atomic mass is 32.1. The molecule has 26 heavy (non-hydrogen) atoms. The number of anilines is 3. The van der Waals surface area contributed by atoms with Crippen LogP contribution in [0.4, 0.5) is 17.6 Å². The minimum Gasteiger partial charge on any atom is -0.368 e. The maximum absolute atomic E-state index is 11.3. The van der Waals surface area contributed by atoms with Crippen molar-refractivity contribution in [3.63, 3.8) is 0 Å².